The zero-order chi connectivity index (χ0) is 9.56. The summed E-state index contributed by atoms with van der Waals surface area (Å²) in [5.41, 5.74) is 7.48. The average molecular weight is 208 g/mol. The second-order valence-corrected chi connectivity index (χ2v) is 2.76. The number of nitrogens with two attached hydrogens (primary N) is 3. The third-order valence-electron chi connectivity index (χ3n) is 1.05. The molecule has 0 heterocycles. The van der Waals surface area contributed by atoms with Gasteiger partial charge in [0.25, 0.3) is 0 Å². The van der Waals surface area contributed by atoms with E-state index in [2.05, 4.69) is 23.0 Å². The van der Waals surface area contributed by atoms with Gasteiger partial charge in [0.15, 0.2) is 10.2 Å². The molecule has 0 atom stereocenters. The summed E-state index contributed by atoms with van der Waals surface area (Å²) in [5.74, 6) is 10.4. The lowest BCUT2D eigenvalue weighted by Gasteiger charge is -2.16. The maximum absolute atomic E-state index is 5.38. The fourth-order valence-corrected chi connectivity index (χ4v) is 0.644. The largest absolute Gasteiger partial charge is 0.375 e. The van der Waals surface area contributed by atoms with Gasteiger partial charge in [0, 0.05) is 6.54 Å². The van der Waals surface area contributed by atoms with Crippen molar-refractivity contribution in [2.24, 2.45) is 17.4 Å². The zero-order valence-corrected chi connectivity index (χ0v) is 8.04. The van der Waals surface area contributed by atoms with Crippen molar-refractivity contribution in [2.75, 3.05) is 13.1 Å². The van der Waals surface area contributed by atoms with E-state index in [0.717, 1.165) is 0 Å². The van der Waals surface area contributed by atoms with Gasteiger partial charge < -0.3 is 16.5 Å². The predicted molar refractivity (Wildman–Crippen MR) is 55.6 cm³/mol. The number of hydrazine groups is 2. The Labute approximate surface area is 81.4 Å². The molecule has 0 bridgehead atoms. The number of hydrogen-bond donors (Lipinski definition) is 5. The normalized spacial score (nSPS) is 8.83. The number of thiocarbonyl (C=S) groups is 2. The molecule has 70 valence electrons. The standard InChI is InChI=1S/C4H12N6S2/c5-3(11)10(7)2-1-8-4(12)9-6/h1-2,6-7H2,(H2,5,11)(H2,8,9,12). The monoisotopic (exact) mass is 208 g/mol. The highest BCUT2D eigenvalue weighted by atomic mass is 32.1. The maximum Gasteiger partial charge on any atom is 0.180 e. The van der Waals surface area contributed by atoms with Crippen LogP contribution in [0.3, 0.4) is 0 Å². The van der Waals surface area contributed by atoms with Gasteiger partial charge in [-0.3, -0.25) is 5.01 Å². The Morgan fingerprint density at radius 1 is 1.42 bits per heavy atom. The van der Waals surface area contributed by atoms with Crippen molar-refractivity contribution < 1.29 is 0 Å². The fraction of sp³-hybridized carbons (Fsp3) is 0.500. The van der Waals surface area contributed by atoms with Crippen LogP contribution in [0.15, 0.2) is 0 Å². The van der Waals surface area contributed by atoms with Gasteiger partial charge in [-0.15, -0.1) is 0 Å². The lowest BCUT2D eigenvalue weighted by molar-refractivity contribution is 0.445. The van der Waals surface area contributed by atoms with Gasteiger partial charge in [0.05, 0.1) is 6.54 Å². The van der Waals surface area contributed by atoms with E-state index >= 15 is 0 Å². The third-order valence-corrected chi connectivity index (χ3v) is 1.55. The van der Waals surface area contributed by atoms with Crippen LogP contribution >= 0.6 is 24.4 Å². The van der Waals surface area contributed by atoms with Gasteiger partial charge in [-0.2, -0.15) is 0 Å². The van der Waals surface area contributed by atoms with Crippen LogP contribution in [0.1, 0.15) is 0 Å². The molecule has 0 spiro atoms. The lowest BCUT2D eigenvalue weighted by atomic mass is 10.6. The Hall–Kier alpha value is -0.700. The fourth-order valence-electron chi connectivity index (χ4n) is 0.451. The molecule has 0 unspecified atom stereocenters. The van der Waals surface area contributed by atoms with Crippen LogP contribution in [0.25, 0.3) is 0 Å². The molecule has 0 radical (unpaired) electrons. The van der Waals surface area contributed by atoms with Crippen molar-refractivity contribution in [3.63, 3.8) is 0 Å². The minimum atomic E-state index is 0.142. The maximum atomic E-state index is 5.38. The summed E-state index contributed by atoms with van der Waals surface area (Å²) in [6.45, 7) is 0.994. The molecule has 6 nitrogen and oxygen atoms in total. The molecular weight excluding hydrogens is 196 g/mol. The first-order chi connectivity index (χ1) is 5.57. The van der Waals surface area contributed by atoms with Crippen molar-refractivity contribution in [1.29, 1.82) is 0 Å². The summed E-state index contributed by atoms with van der Waals surface area (Å²) >= 11 is 9.31. The zero-order valence-electron chi connectivity index (χ0n) is 6.41. The smallest absolute Gasteiger partial charge is 0.180 e. The quantitative estimate of drug-likeness (QED) is 0.201. The molecule has 0 amide bonds. The highest BCUT2D eigenvalue weighted by Gasteiger charge is 1.98. The minimum Gasteiger partial charge on any atom is -0.375 e. The average Bonchev–Trinajstić information content (AvgIpc) is 2.03. The van der Waals surface area contributed by atoms with Crippen molar-refractivity contribution >= 4 is 34.7 Å². The van der Waals surface area contributed by atoms with Crippen LogP contribution in [0.2, 0.25) is 0 Å². The van der Waals surface area contributed by atoms with E-state index in [1.807, 2.05) is 0 Å². The first kappa shape index (κ1) is 11.3. The summed E-state index contributed by atoms with van der Waals surface area (Å²) in [6.07, 6.45) is 0. The lowest BCUT2D eigenvalue weighted by Crippen LogP contribution is -2.47. The van der Waals surface area contributed by atoms with E-state index in [-0.39, 0.29) is 5.11 Å². The van der Waals surface area contributed by atoms with Crippen molar-refractivity contribution in [1.82, 2.24) is 15.8 Å². The molecule has 0 aliphatic heterocycles. The molecule has 0 saturated heterocycles. The second-order valence-electron chi connectivity index (χ2n) is 1.93. The molecule has 0 aromatic carbocycles. The predicted octanol–water partition coefficient (Wildman–Crippen LogP) is -2.26. The van der Waals surface area contributed by atoms with Gasteiger partial charge >= 0.3 is 0 Å². The van der Waals surface area contributed by atoms with Gasteiger partial charge in [-0.1, -0.05) is 0 Å². The van der Waals surface area contributed by atoms with E-state index in [9.17, 15) is 0 Å². The third kappa shape index (κ3) is 5.02. The first-order valence-corrected chi connectivity index (χ1v) is 3.95. The molecule has 0 fully saturated rings. The number of nitrogens with one attached hydrogen (secondary N) is 2. The van der Waals surface area contributed by atoms with E-state index < -0.39 is 0 Å². The Morgan fingerprint density at radius 3 is 2.42 bits per heavy atom. The first-order valence-electron chi connectivity index (χ1n) is 3.14. The van der Waals surface area contributed by atoms with Gasteiger partial charge in [0.1, 0.15) is 0 Å². The van der Waals surface area contributed by atoms with Crippen LogP contribution in [0.4, 0.5) is 0 Å². The summed E-state index contributed by atoms with van der Waals surface area (Å²) in [7, 11) is 0. The van der Waals surface area contributed by atoms with E-state index in [1.54, 1.807) is 0 Å². The molecule has 12 heavy (non-hydrogen) atoms. The van der Waals surface area contributed by atoms with E-state index in [1.165, 1.54) is 5.01 Å². The molecule has 8 heteroatoms. The molecular formula is C4H12N6S2. The van der Waals surface area contributed by atoms with Crippen molar-refractivity contribution in [3.8, 4) is 0 Å². The van der Waals surface area contributed by atoms with E-state index in [4.69, 9.17) is 29.6 Å². The van der Waals surface area contributed by atoms with Gasteiger partial charge in [-0.05, 0) is 24.4 Å². The molecule has 0 aromatic heterocycles. The summed E-state index contributed by atoms with van der Waals surface area (Å²) in [4.78, 5) is 0. The highest BCUT2D eigenvalue weighted by Crippen LogP contribution is 1.74. The molecule has 0 aliphatic carbocycles. The van der Waals surface area contributed by atoms with Crippen LogP contribution in [-0.4, -0.2) is 28.3 Å². The van der Waals surface area contributed by atoms with Crippen molar-refractivity contribution in [2.45, 2.75) is 0 Å². The molecule has 8 N–H and O–H groups in total. The van der Waals surface area contributed by atoms with Gasteiger partial charge in [-0.25, -0.2) is 11.7 Å². The van der Waals surface area contributed by atoms with Crippen LogP contribution in [-0.2, 0) is 0 Å². The summed E-state index contributed by atoms with van der Waals surface area (Å²) in [6, 6.07) is 0. The molecule has 0 saturated carbocycles. The molecule has 0 aliphatic rings. The molecule has 0 rings (SSSR count). The van der Waals surface area contributed by atoms with E-state index in [0.29, 0.717) is 18.2 Å². The van der Waals surface area contributed by atoms with Crippen LogP contribution in [0, 0.1) is 0 Å². The highest BCUT2D eigenvalue weighted by molar-refractivity contribution is 7.80. The van der Waals surface area contributed by atoms with Crippen molar-refractivity contribution in [3.05, 3.63) is 0 Å². The van der Waals surface area contributed by atoms with Crippen LogP contribution in [0.5, 0.6) is 0 Å². The SMILES string of the molecule is NNC(=S)NCCN(N)C(N)=S. The Bertz CT molecular complexity index is 171. The van der Waals surface area contributed by atoms with Crippen LogP contribution < -0.4 is 28.2 Å². The number of nitrogens with zero attached hydrogens (tertiary/aromatic N) is 1. The Kier molecular flexibility index (Phi) is 5.54. The number of hydrogen-bond acceptors (Lipinski definition) is 4. The Morgan fingerprint density at radius 2 is 2.00 bits per heavy atom. The number of rotatable bonds is 3. The molecule has 0 aromatic rings. The van der Waals surface area contributed by atoms with Gasteiger partial charge in [0.2, 0.25) is 0 Å². The second kappa shape index (κ2) is 5.89. The topological polar surface area (TPSA) is 105 Å². The Balaban J connectivity index is 3.43. The minimum absolute atomic E-state index is 0.142. The summed E-state index contributed by atoms with van der Waals surface area (Å²) < 4.78 is 0. The summed E-state index contributed by atoms with van der Waals surface area (Å²) in [5, 5.41) is 4.51.